The molecule has 2 unspecified atom stereocenters. The number of fused-ring (bicyclic) bond motifs is 2. The van der Waals surface area contributed by atoms with Crippen molar-refractivity contribution in [3.05, 3.63) is 49.6 Å². The number of carbonyl (C=O) groups is 3. The van der Waals surface area contributed by atoms with E-state index in [1.165, 1.54) is 0 Å². The van der Waals surface area contributed by atoms with Gasteiger partial charge in [0.15, 0.2) is 0 Å². The molecule has 1 aromatic carbocycles. The molecule has 3 fully saturated rings. The van der Waals surface area contributed by atoms with Gasteiger partial charge in [0.25, 0.3) is 0 Å². The van der Waals surface area contributed by atoms with Crippen LogP contribution in [0.3, 0.4) is 0 Å². The first kappa shape index (κ1) is 28.9. The van der Waals surface area contributed by atoms with Gasteiger partial charge in [0.2, 0.25) is 17.7 Å². The summed E-state index contributed by atoms with van der Waals surface area (Å²) >= 11 is 0. The van der Waals surface area contributed by atoms with Gasteiger partial charge in [-0.2, -0.15) is 0 Å². The fourth-order valence-electron chi connectivity index (χ4n) is 7.01. The number of likely N-dealkylation sites (tertiary alicyclic amines) is 1. The van der Waals surface area contributed by atoms with Crippen molar-refractivity contribution in [2.24, 2.45) is 11.8 Å². The first-order valence-electron chi connectivity index (χ1n) is 14.6. The lowest BCUT2D eigenvalue weighted by molar-refractivity contribution is -0.149. The monoisotopic (exact) mass is 564 g/mol. The maximum Gasteiger partial charge on any atom is 0.250 e. The lowest BCUT2D eigenvalue weighted by Crippen LogP contribution is -2.56. The molecular weight excluding hydrogens is 524 g/mol. The number of hydrogen-bond acceptors (Lipinski definition) is 7. The zero-order valence-electron chi connectivity index (χ0n) is 23.7. The first-order valence-corrected chi connectivity index (χ1v) is 14.6. The van der Waals surface area contributed by atoms with Crippen LogP contribution < -0.4 is 0 Å². The first-order chi connectivity index (χ1) is 19.9. The average Bonchev–Trinajstić information content (AvgIpc) is 3.72. The van der Waals surface area contributed by atoms with Gasteiger partial charge in [-0.3, -0.25) is 14.4 Å². The molecule has 1 aromatic heterocycles. The summed E-state index contributed by atoms with van der Waals surface area (Å²) in [6, 6.07) is 6.63. The van der Waals surface area contributed by atoms with Crippen LogP contribution in [0.4, 0.5) is 0 Å². The number of carbonyl (C=O) groups excluding carboxylic acids is 3. The van der Waals surface area contributed by atoms with Crippen LogP contribution in [-0.2, 0) is 25.8 Å². The number of aliphatic hydroxyl groups is 1. The fraction of sp³-hybridized carbons (Fsp3) is 0.567. The van der Waals surface area contributed by atoms with E-state index in [9.17, 15) is 19.5 Å². The van der Waals surface area contributed by atoms with Gasteiger partial charge in [0.1, 0.15) is 23.8 Å². The number of hydrogen-bond donors (Lipinski definition) is 1. The van der Waals surface area contributed by atoms with Gasteiger partial charge >= 0.3 is 0 Å². The Bertz CT molecular complexity index is 1310. The van der Waals surface area contributed by atoms with E-state index >= 15 is 0 Å². The third-order valence-electron chi connectivity index (χ3n) is 8.67. The van der Waals surface area contributed by atoms with Crippen molar-refractivity contribution in [1.82, 2.24) is 29.7 Å². The molecule has 2 aromatic rings. The molecule has 3 aliphatic rings. The number of nitrogens with zero attached hydrogens (tertiary/aromatic N) is 6. The summed E-state index contributed by atoms with van der Waals surface area (Å²) < 4.78 is 8.27. The molecule has 11 nitrogen and oxygen atoms in total. The predicted octanol–water partition coefficient (Wildman–Crippen LogP) is 1.98. The summed E-state index contributed by atoms with van der Waals surface area (Å²) in [5.74, 6) is -1.99. The SMILES string of the molecule is C=CCN(Cn1nnc2ccccc21)C(=O)C1N(CCCCO)C(=O)[C@@H]2[C@H](C(=O)N(CC=C)CCC)[C@@H]3CCC12O3. The number of amides is 3. The van der Waals surface area contributed by atoms with Gasteiger partial charge in [-0.25, -0.2) is 4.68 Å². The highest BCUT2D eigenvalue weighted by Crippen LogP contribution is 2.59. The van der Waals surface area contributed by atoms with Gasteiger partial charge in [-0.05, 0) is 44.2 Å². The molecule has 1 spiro atoms. The van der Waals surface area contributed by atoms with Gasteiger partial charge < -0.3 is 24.5 Å². The minimum atomic E-state index is -1.09. The Kier molecular flexibility index (Phi) is 8.55. The van der Waals surface area contributed by atoms with Gasteiger partial charge in [0.05, 0.1) is 23.5 Å². The molecule has 5 rings (SSSR count). The molecule has 1 N–H and O–H groups in total. The topological polar surface area (TPSA) is 121 Å². The highest BCUT2D eigenvalue weighted by Gasteiger charge is 2.74. The number of ether oxygens (including phenoxy) is 1. The minimum absolute atomic E-state index is 0.00953. The van der Waals surface area contributed by atoms with E-state index in [0.29, 0.717) is 50.8 Å². The number of aliphatic hydroxyl groups excluding tert-OH is 1. The summed E-state index contributed by atoms with van der Waals surface area (Å²) in [6.07, 6.45) is 5.87. The van der Waals surface area contributed by atoms with Gasteiger partial charge in [-0.1, -0.05) is 36.4 Å². The Hall–Kier alpha value is -3.57. The second kappa shape index (κ2) is 12.1. The van der Waals surface area contributed by atoms with E-state index in [1.807, 2.05) is 31.2 Å². The molecule has 3 aliphatic heterocycles. The molecule has 2 bridgehead atoms. The van der Waals surface area contributed by atoms with E-state index in [0.717, 1.165) is 11.9 Å². The van der Waals surface area contributed by atoms with Crippen molar-refractivity contribution in [1.29, 1.82) is 0 Å². The van der Waals surface area contributed by atoms with Crippen molar-refractivity contribution in [2.45, 2.75) is 63.4 Å². The molecule has 3 saturated heterocycles. The minimum Gasteiger partial charge on any atom is -0.396 e. The van der Waals surface area contributed by atoms with Crippen molar-refractivity contribution in [3.63, 3.8) is 0 Å². The van der Waals surface area contributed by atoms with Crippen LogP contribution in [0.1, 0.15) is 39.0 Å². The third kappa shape index (κ3) is 4.95. The molecular formula is C30H40N6O5. The number of para-hydroxylation sites is 1. The second-order valence-electron chi connectivity index (χ2n) is 11.2. The number of unbranched alkanes of at least 4 members (excludes halogenated alkanes) is 1. The van der Waals surface area contributed by atoms with E-state index in [4.69, 9.17) is 4.74 Å². The number of aromatic nitrogens is 3. The number of benzene rings is 1. The molecule has 220 valence electrons. The smallest absolute Gasteiger partial charge is 0.250 e. The Morgan fingerprint density at radius 1 is 1.17 bits per heavy atom. The molecule has 5 atom stereocenters. The van der Waals surface area contributed by atoms with Crippen LogP contribution in [0.25, 0.3) is 11.0 Å². The van der Waals surface area contributed by atoms with Crippen LogP contribution in [-0.4, -0.2) is 103 Å². The van der Waals surface area contributed by atoms with Crippen molar-refractivity contribution in [2.75, 3.05) is 32.8 Å². The fourth-order valence-corrected chi connectivity index (χ4v) is 7.01. The van der Waals surface area contributed by atoms with E-state index < -0.39 is 29.6 Å². The molecule has 0 aliphatic carbocycles. The largest absolute Gasteiger partial charge is 0.396 e. The van der Waals surface area contributed by atoms with Crippen molar-refractivity contribution in [3.8, 4) is 0 Å². The Labute approximate surface area is 240 Å². The molecule has 0 radical (unpaired) electrons. The second-order valence-corrected chi connectivity index (χ2v) is 11.2. The number of rotatable bonds is 14. The lowest BCUT2D eigenvalue weighted by Gasteiger charge is -2.37. The van der Waals surface area contributed by atoms with Crippen LogP contribution >= 0.6 is 0 Å². The molecule has 11 heteroatoms. The summed E-state index contributed by atoms with van der Waals surface area (Å²) in [5.41, 5.74) is 0.414. The average molecular weight is 565 g/mol. The Balaban J connectivity index is 1.50. The van der Waals surface area contributed by atoms with Crippen molar-refractivity contribution >= 4 is 28.8 Å². The quantitative estimate of drug-likeness (QED) is 0.275. The van der Waals surface area contributed by atoms with E-state index in [1.54, 1.807) is 31.5 Å². The maximum atomic E-state index is 14.5. The zero-order valence-corrected chi connectivity index (χ0v) is 23.7. The van der Waals surface area contributed by atoms with E-state index in [2.05, 4.69) is 23.5 Å². The predicted molar refractivity (Wildman–Crippen MR) is 152 cm³/mol. The Morgan fingerprint density at radius 2 is 1.93 bits per heavy atom. The van der Waals surface area contributed by atoms with Crippen molar-refractivity contribution < 1.29 is 24.2 Å². The standard InChI is InChI=1S/C30H40N6O5/c1-4-15-33(16-5-2)27(38)24-23-13-14-30(41-23)25(24)28(39)35(18-9-10-19-37)26(30)29(40)34(17-6-3)20-36-22-12-8-7-11-21(22)31-32-36/h4,6-8,11-12,23-26,37H,1,3,5,9-10,13-20H2,2H3/t23-,24+,25-,26?,30?/m0/s1. The van der Waals surface area contributed by atoms with Gasteiger partial charge in [0, 0.05) is 32.8 Å². The van der Waals surface area contributed by atoms with E-state index in [-0.39, 0.29) is 37.5 Å². The molecule has 4 heterocycles. The maximum absolute atomic E-state index is 14.5. The zero-order chi connectivity index (χ0) is 29.1. The summed E-state index contributed by atoms with van der Waals surface area (Å²) in [6.45, 7) is 11.3. The summed E-state index contributed by atoms with van der Waals surface area (Å²) in [5, 5.41) is 17.9. The van der Waals surface area contributed by atoms with Crippen LogP contribution in [0.2, 0.25) is 0 Å². The summed E-state index contributed by atoms with van der Waals surface area (Å²) in [7, 11) is 0. The van der Waals surface area contributed by atoms with Crippen LogP contribution in [0.15, 0.2) is 49.6 Å². The third-order valence-corrected chi connectivity index (χ3v) is 8.67. The highest BCUT2D eigenvalue weighted by atomic mass is 16.5. The Morgan fingerprint density at radius 3 is 2.66 bits per heavy atom. The summed E-state index contributed by atoms with van der Waals surface area (Å²) in [4.78, 5) is 47.5. The molecule has 3 amide bonds. The van der Waals surface area contributed by atoms with Crippen LogP contribution in [0, 0.1) is 11.8 Å². The normalized spacial score (nSPS) is 26.4. The molecule has 0 saturated carbocycles. The molecule has 41 heavy (non-hydrogen) atoms. The highest BCUT2D eigenvalue weighted by molar-refractivity contribution is 5.99. The lowest BCUT2D eigenvalue weighted by atomic mass is 9.70. The van der Waals surface area contributed by atoms with Gasteiger partial charge in [-0.15, -0.1) is 18.3 Å². The van der Waals surface area contributed by atoms with Crippen LogP contribution in [0.5, 0.6) is 0 Å².